The fourth-order valence-corrected chi connectivity index (χ4v) is 3.86. The molecule has 1 amide bonds. The van der Waals surface area contributed by atoms with Gasteiger partial charge in [-0.3, -0.25) is 4.79 Å². The van der Waals surface area contributed by atoms with Gasteiger partial charge >= 0.3 is 16.1 Å². The van der Waals surface area contributed by atoms with Crippen molar-refractivity contribution in [2.75, 3.05) is 0 Å². The van der Waals surface area contributed by atoms with E-state index in [2.05, 4.69) is 12.2 Å². The molecule has 0 heterocycles. The summed E-state index contributed by atoms with van der Waals surface area (Å²) in [6, 6.07) is 4.18. The minimum Gasteiger partial charge on any atom is -0.506 e. The lowest BCUT2D eigenvalue weighted by Crippen LogP contribution is -2.42. The number of benzene rings is 1. The summed E-state index contributed by atoms with van der Waals surface area (Å²) < 4.78 is 29.3. The van der Waals surface area contributed by atoms with Crippen molar-refractivity contribution in [1.29, 1.82) is 0 Å². The molecule has 0 bridgehead atoms. The quantitative estimate of drug-likeness (QED) is 0.342. The Morgan fingerprint density at radius 2 is 1.62 bits per heavy atom. The van der Waals surface area contributed by atoms with Crippen molar-refractivity contribution < 1.29 is 27.3 Å². The van der Waals surface area contributed by atoms with Gasteiger partial charge < -0.3 is 14.6 Å². The molecule has 0 fully saturated rings. The number of phenolic OH excluding ortho intramolecular Hbond substituents is 1. The van der Waals surface area contributed by atoms with Crippen LogP contribution in [-0.4, -0.2) is 31.4 Å². The number of nitrogens with one attached hydrogen (secondary N) is 1. The molecular formula is C21H33NO6S. The highest BCUT2D eigenvalue weighted by molar-refractivity contribution is 7.87. The Hall–Kier alpha value is -2.09. The average molecular weight is 428 g/mol. The predicted octanol–water partition coefficient (Wildman–Crippen LogP) is 4.05. The van der Waals surface area contributed by atoms with Crippen LogP contribution in [0.1, 0.15) is 78.1 Å². The largest absolute Gasteiger partial charge is 0.506 e. The summed E-state index contributed by atoms with van der Waals surface area (Å²) in [5.41, 5.74) is 0. The molecule has 8 heteroatoms. The molecule has 0 spiro atoms. The lowest BCUT2D eigenvalue weighted by molar-refractivity contribution is -0.139. The van der Waals surface area contributed by atoms with Gasteiger partial charge in [-0.1, -0.05) is 70.9 Å². The number of aromatic hydroxyl groups is 1. The van der Waals surface area contributed by atoms with Gasteiger partial charge in [-0.2, -0.15) is 8.42 Å². The standard InChI is InChI=1S/C21H33NO6S/c1-3-5-7-8-9-10-16-20(24)22-17(13-6-4-2)21(25)28-29(26,27)19-15-12-11-14-18(19)23/h11-12,14-15,17,23H,3-10,13,16H2,1-2H3,(H,22,24). The summed E-state index contributed by atoms with van der Waals surface area (Å²) in [4.78, 5) is 24.1. The molecule has 1 aromatic rings. The zero-order chi connectivity index (χ0) is 21.7. The van der Waals surface area contributed by atoms with Crippen molar-refractivity contribution in [2.24, 2.45) is 0 Å². The number of unbranched alkanes of at least 4 members (excludes halogenated alkanes) is 6. The zero-order valence-electron chi connectivity index (χ0n) is 17.4. The van der Waals surface area contributed by atoms with Gasteiger partial charge in [-0.25, -0.2) is 4.79 Å². The van der Waals surface area contributed by atoms with Crippen molar-refractivity contribution in [3.8, 4) is 5.75 Å². The van der Waals surface area contributed by atoms with Crippen LogP contribution in [0.3, 0.4) is 0 Å². The van der Waals surface area contributed by atoms with Gasteiger partial charge in [0, 0.05) is 6.42 Å². The highest BCUT2D eigenvalue weighted by Crippen LogP contribution is 2.24. The number of carbonyl (C=O) groups is 2. The van der Waals surface area contributed by atoms with Crippen LogP contribution < -0.4 is 5.32 Å². The third-order valence-corrected chi connectivity index (χ3v) is 5.82. The van der Waals surface area contributed by atoms with Crippen LogP contribution in [0, 0.1) is 0 Å². The first kappa shape index (κ1) is 24.9. The third kappa shape index (κ3) is 9.30. The van der Waals surface area contributed by atoms with Crippen LogP contribution >= 0.6 is 0 Å². The Morgan fingerprint density at radius 3 is 2.28 bits per heavy atom. The zero-order valence-corrected chi connectivity index (χ0v) is 18.2. The molecule has 0 aliphatic carbocycles. The van der Waals surface area contributed by atoms with Gasteiger partial charge in [-0.05, 0) is 25.0 Å². The van der Waals surface area contributed by atoms with Gasteiger partial charge in [0.25, 0.3) is 0 Å². The number of hydrogen-bond acceptors (Lipinski definition) is 6. The van der Waals surface area contributed by atoms with Crippen molar-refractivity contribution in [2.45, 2.75) is 89.0 Å². The molecule has 0 radical (unpaired) electrons. The summed E-state index contributed by atoms with van der Waals surface area (Å²) in [6.45, 7) is 4.07. The molecular weight excluding hydrogens is 394 g/mol. The van der Waals surface area contributed by atoms with E-state index in [1.807, 2.05) is 6.92 Å². The number of hydrogen-bond donors (Lipinski definition) is 2. The van der Waals surface area contributed by atoms with Crippen LogP contribution in [0.15, 0.2) is 29.2 Å². The van der Waals surface area contributed by atoms with E-state index < -0.39 is 32.8 Å². The predicted molar refractivity (Wildman–Crippen MR) is 111 cm³/mol. The van der Waals surface area contributed by atoms with Gasteiger partial charge in [0.15, 0.2) is 0 Å². The van der Waals surface area contributed by atoms with E-state index in [1.54, 1.807) is 0 Å². The van der Waals surface area contributed by atoms with Gasteiger partial charge in [-0.15, -0.1) is 0 Å². The van der Waals surface area contributed by atoms with E-state index in [0.29, 0.717) is 6.42 Å². The van der Waals surface area contributed by atoms with Crippen molar-refractivity contribution in [1.82, 2.24) is 5.32 Å². The molecule has 0 aliphatic heterocycles. The topological polar surface area (TPSA) is 110 Å². The minimum absolute atomic E-state index is 0.286. The van der Waals surface area contributed by atoms with Gasteiger partial charge in [0.1, 0.15) is 16.7 Å². The van der Waals surface area contributed by atoms with Crippen molar-refractivity contribution >= 4 is 22.0 Å². The number of carbonyl (C=O) groups excluding carboxylic acids is 2. The van der Waals surface area contributed by atoms with Crippen molar-refractivity contribution in [3.63, 3.8) is 0 Å². The molecule has 0 saturated heterocycles. The third-order valence-electron chi connectivity index (χ3n) is 4.55. The average Bonchev–Trinajstić information content (AvgIpc) is 2.67. The Kier molecular flexibility index (Phi) is 11.3. The summed E-state index contributed by atoms with van der Waals surface area (Å²) in [6.07, 6.45) is 8.21. The second kappa shape index (κ2) is 13.2. The molecule has 1 unspecified atom stereocenters. The number of para-hydroxylation sites is 1. The van der Waals surface area contributed by atoms with E-state index in [-0.39, 0.29) is 18.7 Å². The maximum Gasteiger partial charge on any atom is 0.345 e. The fraction of sp³-hybridized carbons (Fsp3) is 0.619. The second-order valence-electron chi connectivity index (χ2n) is 7.10. The summed E-state index contributed by atoms with van der Waals surface area (Å²) in [5, 5.41) is 12.3. The van der Waals surface area contributed by atoms with Crippen LogP contribution in [0.5, 0.6) is 5.75 Å². The fourth-order valence-electron chi connectivity index (χ4n) is 2.87. The van der Waals surface area contributed by atoms with Crippen LogP contribution in [0.25, 0.3) is 0 Å². The first-order valence-electron chi connectivity index (χ1n) is 10.4. The van der Waals surface area contributed by atoms with Crippen molar-refractivity contribution in [3.05, 3.63) is 24.3 Å². The molecule has 1 atom stereocenters. The highest BCUT2D eigenvalue weighted by atomic mass is 32.2. The molecule has 29 heavy (non-hydrogen) atoms. The molecule has 164 valence electrons. The van der Waals surface area contributed by atoms with E-state index in [0.717, 1.165) is 44.6 Å². The molecule has 0 aromatic heterocycles. The van der Waals surface area contributed by atoms with Crippen LogP contribution in [-0.2, 0) is 23.9 Å². The molecule has 0 saturated carbocycles. The normalized spacial score (nSPS) is 12.3. The molecule has 1 rings (SSSR count). The van der Waals surface area contributed by atoms with Crippen LogP contribution in [0.2, 0.25) is 0 Å². The summed E-state index contributed by atoms with van der Waals surface area (Å²) in [5.74, 6) is -1.84. The van der Waals surface area contributed by atoms with E-state index in [4.69, 9.17) is 4.18 Å². The lowest BCUT2D eigenvalue weighted by atomic mass is 10.1. The Labute approximate surface area is 174 Å². The van der Waals surface area contributed by atoms with E-state index >= 15 is 0 Å². The summed E-state index contributed by atoms with van der Waals surface area (Å²) >= 11 is 0. The SMILES string of the molecule is CCCCCCCCC(=O)NC(CCCC)C(=O)OS(=O)(=O)c1ccccc1O. The molecule has 7 nitrogen and oxygen atoms in total. The maximum absolute atomic E-state index is 12.4. The highest BCUT2D eigenvalue weighted by Gasteiger charge is 2.29. The molecule has 0 aliphatic rings. The monoisotopic (exact) mass is 427 g/mol. The molecule has 1 aromatic carbocycles. The van der Waals surface area contributed by atoms with E-state index in [1.165, 1.54) is 24.6 Å². The second-order valence-corrected chi connectivity index (χ2v) is 8.62. The Bertz CT molecular complexity index is 747. The number of rotatable bonds is 14. The van der Waals surface area contributed by atoms with Gasteiger partial charge in [0.2, 0.25) is 5.91 Å². The Morgan fingerprint density at radius 1 is 1.00 bits per heavy atom. The maximum atomic E-state index is 12.4. The Balaban J connectivity index is 2.65. The van der Waals surface area contributed by atoms with E-state index in [9.17, 15) is 23.1 Å². The van der Waals surface area contributed by atoms with Crippen LogP contribution in [0.4, 0.5) is 0 Å². The summed E-state index contributed by atoms with van der Waals surface area (Å²) in [7, 11) is -4.48. The first-order valence-corrected chi connectivity index (χ1v) is 11.8. The smallest absolute Gasteiger partial charge is 0.345 e. The molecule has 2 N–H and O–H groups in total. The first-order chi connectivity index (χ1) is 13.8. The lowest BCUT2D eigenvalue weighted by Gasteiger charge is -2.17. The van der Waals surface area contributed by atoms with Gasteiger partial charge in [0.05, 0.1) is 0 Å². The number of amides is 1. The number of phenols is 1. The minimum atomic E-state index is -4.48.